The monoisotopic (exact) mass is 469 g/mol. The van der Waals surface area contributed by atoms with E-state index >= 15 is 0 Å². The van der Waals surface area contributed by atoms with Crippen molar-refractivity contribution in [2.45, 2.75) is 47.3 Å². The molecule has 2 aromatic heterocycles. The molecule has 0 unspecified atom stereocenters. The van der Waals surface area contributed by atoms with Gasteiger partial charge in [-0.1, -0.05) is 26.0 Å². The molecule has 1 amide bonds. The van der Waals surface area contributed by atoms with Gasteiger partial charge in [-0.2, -0.15) is 5.10 Å². The largest absolute Gasteiger partial charge is 0.471 e. The maximum absolute atomic E-state index is 12.8. The van der Waals surface area contributed by atoms with E-state index in [0.717, 1.165) is 11.3 Å². The molecule has 0 spiro atoms. The molecule has 0 aliphatic rings. The molecule has 8 nitrogen and oxygen atoms in total. The zero-order valence-corrected chi connectivity index (χ0v) is 20.1. The molecule has 0 saturated carbocycles. The minimum Gasteiger partial charge on any atom is -0.471 e. The molecule has 1 aromatic carbocycles. The van der Waals surface area contributed by atoms with Crippen LogP contribution in [0.4, 0.5) is 5.00 Å². The summed E-state index contributed by atoms with van der Waals surface area (Å²) >= 11 is 1.05. The van der Waals surface area contributed by atoms with E-state index in [0.29, 0.717) is 22.1 Å². The first-order valence-electron chi connectivity index (χ1n) is 10.6. The zero-order valence-electron chi connectivity index (χ0n) is 19.3. The number of hydrogen-bond donors (Lipinski definition) is 1. The summed E-state index contributed by atoms with van der Waals surface area (Å²) in [5.74, 6) is -0.139. The Hall–Kier alpha value is -3.46. The average Bonchev–Trinajstić information content (AvgIpc) is 3.37. The molecule has 0 saturated heterocycles. The van der Waals surface area contributed by atoms with E-state index in [2.05, 4.69) is 24.3 Å². The van der Waals surface area contributed by atoms with Crippen LogP contribution in [-0.2, 0) is 11.5 Å². The molecular formula is C24H27N3O5S. The van der Waals surface area contributed by atoms with Crippen molar-refractivity contribution in [3.05, 3.63) is 63.8 Å². The molecule has 3 aromatic rings. The van der Waals surface area contributed by atoms with Gasteiger partial charge in [-0.05, 0) is 56.0 Å². The molecule has 0 aliphatic heterocycles. The van der Waals surface area contributed by atoms with E-state index in [9.17, 15) is 14.4 Å². The molecule has 0 radical (unpaired) electrons. The van der Waals surface area contributed by atoms with Crippen molar-refractivity contribution in [1.82, 2.24) is 9.78 Å². The van der Waals surface area contributed by atoms with Crippen molar-refractivity contribution < 1.29 is 23.9 Å². The smallest absolute Gasteiger partial charge is 0.341 e. The molecule has 0 aliphatic carbocycles. The topological polar surface area (TPSA) is 99.5 Å². The van der Waals surface area contributed by atoms with Gasteiger partial charge < -0.3 is 14.8 Å². The van der Waals surface area contributed by atoms with Gasteiger partial charge in [0.05, 0.1) is 17.0 Å². The number of benzene rings is 1. The van der Waals surface area contributed by atoms with Gasteiger partial charge in [-0.15, -0.1) is 11.3 Å². The van der Waals surface area contributed by atoms with E-state index < -0.39 is 11.9 Å². The molecule has 0 bridgehead atoms. The van der Waals surface area contributed by atoms with E-state index in [1.165, 1.54) is 17.2 Å². The fourth-order valence-corrected chi connectivity index (χ4v) is 4.28. The molecular weight excluding hydrogens is 442 g/mol. The highest BCUT2D eigenvalue weighted by molar-refractivity contribution is 7.18. The SMILES string of the molecule is CCOC(=O)c1c(NC(=O)c2ccn(COc3ccc(C(C)C)cc3)n2)sc(C(C)=O)c1C. The van der Waals surface area contributed by atoms with Crippen molar-refractivity contribution in [2.24, 2.45) is 0 Å². The Bertz CT molecular complexity index is 1160. The van der Waals surface area contributed by atoms with Crippen LogP contribution >= 0.6 is 11.3 Å². The number of esters is 1. The minimum absolute atomic E-state index is 0.134. The second-order valence-corrected chi connectivity index (χ2v) is 8.75. The van der Waals surface area contributed by atoms with Crippen LogP contribution < -0.4 is 10.1 Å². The Morgan fingerprint density at radius 2 is 1.85 bits per heavy atom. The van der Waals surface area contributed by atoms with Crippen molar-refractivity contribution >= 4 is 34.0 Å². The summed E-state index contributed by atoms with van der Waals surface area (Å²) < 4.78 is 12.3. The average molecular weight is 470 g/mol. The van der Waals surface area contributed by atoms with Gasteiger partial charge in [0.25, 0.3) is 5.91 Å². The van der Waals surface area contributed by atoms with Crippen LogP contribution in [0.1, 0.15) is 75.3 Å². The minimum atomic E-state index is -0.587. The van der Waals surface area contributed by atoms with Crippen LogP contribution in [0.2, 0.25) is 0 Å². The summed E-state index contributed by atoms with van der Waals surface area (Å²) in [6.07, 6.45) is 1.63. The number of amides is 1. The number of nitrogens with zero attached hydrogens (tertiary/aromatic N) is 2. The number of nitrogens with one attached hydrogen (secondary N) is 1. The van der Waals surface area contributed by atoms with E-state index in [-0.39, 0.29) is 35.4 Å². The van der Waals surface area contributed by atoms with Crippen LogP contribution in [0, 0.1) is 6.92 Å². The molecule has 3 rings (SSSR count). The highest BCUT2D eigenvalue weighted by atomic mass is 32.1. The van der Waals surface area contributed by atoms with Gasteiger partial charge in [0.1, 0.15) is 10.8 Å². The second-order valence-electron chi connectivity index (χ2n) is 7.73. The standard InChI is InChI=1S/C24H27N3O5S/c1-6-31-24(30)20-15(4)21(16(5)28)33-23(20)25-22(29)19-11-12-27(26-19)13-32-18-9-7-17(8-10-18)14(2)3/h7-12,14H,6,13H2,1-5H3,(H,25,29). The highest BCUT2D eigenvalue weighted by Crippen LogP contribution is 2.34. The number of carbonyl (C=O) groups excluding carboxylic acids is 3. The summed E-state index contributed by atoms with van der Waals surface area (Å²) in [7, 11) is 0. The van der Waals surface area contributed by atoms with E-state index in [1.54, 1.807) is 26.1 Å². The zero-order chi connectivity index (χ0) is 24.1. The number of thiophene rings is 1. The first-order chi connectivity index (χ1) is 15.7. The second kappa shape index (κ2) is 10.4. The van der Waals surface area contributed by atoms with Crippen LogP contribution in [-0.4, -0.2) is 34.0 Å². The number of hydrogen-bond acceptors (Lipinski definition) is 7. The number of ether oxygens (including phenoxy) is 2. The number of aromatic nitrogens is 2. The van der Waals surface area contributed by atoms with Gasteiger partial charge in [0, 0.05) is 6.20 Å². The third-order valence-electron chi connectivity index (χ3n) is 4.96. The number of carbonyl (C=O) groups is 3. The summed E-state index contributed by atoms with van der Waals surface area (Å²) in [6, 6.07) is 9.38. The highest BCUT2D eigenvalue weighted by Gasteiger charge is 2.26. The summed E-state index contributed by atoms with van der Waals surface area (Å²) in [6.45, 7) is 9.33. The molecule has 0 fully saturated rings. The van der Waals surface area contributed by atoms with E-state index in [1.807, 2.05) is 24.3 Å². The molecule has 0 atom stereocenters. The summed E-state index contributed by atoms with van der Waals surface area (Å²) in [5, 5.41) is 7.20. The fraction of sp³-hybridized carbons (Fsp3) is 0.333. The quantitative estimate of drug-likeness (QED) is 0.348. The predicted octanol–water partition coefficient (Wildman–Crippen LogP) is 5.04. The fourth-order valence-electron chi connectivity index (χ4n) is 3.20. The lowest BCUT2D eigenvalue weighted by Gasteiger charge is -2.09. The van der Waals surface area contributed by atoms with Crippen molar-refractivity contribution in [3.8, 4) is 5.75 Å². The third kappa shape index (κ3) is 5.67. The molecule has 2 heterocycles. The van der Waals surface area contributed by atoms with Crippen molar-refractivity contribution in [1.29, 1.82) is 0 Å². The number of rotatable bonds is 9. The Balaban J connectivity index is 1.71. The molecule has 9 heteroatoms. The van der Waals surface area contributed by atoms with Crippen LogP contribution in [0.5, 0.6) is 5.75 Å². The Morgan fingerprint density at radius 3 is 2.45 bits per heavy atom. The molecule has 174 valence electrons. The lowest BCUT2D eigenvalue weighted by atomic mass is 10.0. The normalized spacial score (nSPS) is 10.8. The molecule has 1 N–H and O–H groups in total. The number of Topliss-reactive ketones (excluding diaryl/α,β-unsaturated/α-hetero) is 1. The Kier molecular flexibility index (Phi) is 7.65. The van der Waals surface area contributed by atoms with Gasteiger partial charge in [0.2, 0.25) is 0 Å². The van der Waals surface area contributed by atoms with Crippen LogP contribution in [0.15, 0.2) is 36.5 Å². The number of ketones is 1. The van der Waals surface area contributed by atoms with Crippen molar-refractivity contribution in [2.75, 3.05) is 11.9 Å². The Labute approximate surface area is 196 Å². The van der Waals surface area contributed by atoms with Gasteiger partial charge in [0.15, 0.2) is 18.2 Å². The lowest BCUT2D eigenvalue weighted by molar-refractivity contribution is 0.0527. The third-order valence-corrected chi connectivity index (χ3v) is 6.26. The van der Waals surface area contributed by atoms with Gasteiger partial charge >= 0.3 is 5.97 Å². The van der Waals surface area contributed by atoms with Crippen LogP contribution in [0.3, 0.4) is 0 Å². The van der Waals surface area contributed by atoms with Gasteiger partial charge in [-0.25, -0.2) is 9.48 Å². The van der Waals surface area contributed by atoms with Crippen molar-refractivity contribution in [3.63, 3.8) is 0 Å². The first kappa shape index (κ1) is 24.2. The predicted molar refractivity (Wildman–Crippen MR) is 126 cm³/mol. The first-order valence-corrected chi connectivity index (χ1v) is 11.4. The maximum atomic E-state index is 12.8. The van der Waals surface area contributed by atoms with Crippen LogP contribution in [0.25, 0.3) is 0 Å². The number of anilines is 1. The van der Waals surface area contributed by atoms with Gasteiger partial charge in [-0.3, -0.25) is 9.59 Å². The maximum Gasteiger partial charge on any atom is 0.341 e. The lowest BCUT2D eigenvalue weighted by Crippen LogP contribution is -2.16. The molecule has 33 heavy (non-hydrogen) atoms. The summed E-state index contributed by atoms with van der Waals surface area (Å²) in [4.78, 5) is 37.5. The van der Waals surface area contributed by atoms with E-state index in [4.69, 9.17) is 9.47 Å². The summed E-state index contributed by atoms with van der Waals surface area (Å²) in [5.41, 5.74) is 2.05. The Morgan fingerprint density at radius 1 is 1.15 bits per heavy atom.